The van der Waals surface area contributed by atoms with Gasteiger partial charge in [-0.3, -0.25) is 13.9 Å². The summed E-state index contributed by atoms with van der Waals surface area (Å²) in [6.07, 6.45) is 8.94. The number of benzene rings is 1. The first-order valence-corrected chi connectivity index (χ1v) is 14.2. The van der Waals surface area contributed by atoms with E-state index in [1.165, 1.54) is 4.57 Å². The third-order valence-electron chi connectivity index (χ3n) is 5.92. The van der Waals surface area contributed by atoms with Crippen LogP contribution in [0.1, 0.15) is 44.0 Å². The molecule has 0 fully saturated rings. The number of fused-ring (bicyclic) bond motifs is 1. The number of hydrogen-bond acceptors (Lipinski definition) is 4. The Kier molecular flexibility index (Phi) is 9.31. The van der Waals surface area contributed by atoms with Crippen molar-refractivity contribution in [2.75, 3.05) is 6.16 Å². The fraction of sp³-hybridized carbons (Fsp3) is 0.458. The van der Waals surface area contributed by atoms with Crippen molar-refractivity contribution in [1.82, 2.24) is 18.7 Å². The van der Waals surface area contributed by atoms with Gasteiger partial charge >= 0.3 is 13.3 Å². The molecule has 0 bridgehead atoms. The van der Waals surface area contributed by atoms with Crippen LogP contribution in [-0.2, 0) is 37.0 Å². The second-order valence-electron chi connectivity index (χ2n) is 8.37. The van der Waals surface area contributed by atoms with Gasteiger partial charge in [-0.15, -0.1) is 6.42 Å². The molecule has 0 amide bonds. The summed E-state index contributed by atoms with van der Waals surface area (Å²) in [7, 11) is -4.00. The second-order valence-corrected chi connectivity index (χ2v) is 11.0. The van der Waals surface area contributed by atoms with Crippen molar-refractivity contribution in [2.45, 2.75) is 65.1 Å². The van der Waals surface area contributed by atoms with E-state index in [1.807, 2.05) is 35.8 Å². The fourth-order valence-electron chi connectivity index (χ4n) is 4.19. The lowest BCUT2D eigenvalue weighted by Crippen LogP contribution is -2.40. The molecule has 0 saturated carbocycles. The molecule has 0 unspecified atom stereocenters. The van der Waals surface area contributed by atoms with Gasteiger partial charge in [-0.2, -0.15) is 0 Å². The Morgan fingerprint density at radius 3 is 2.43 bits per heavy atom. The average Bonchev–Trinajstić information content (AvgIpc) is 3.18. The number of halogens is 1. The van der Waals surface area contributed by atoms with Gasteiger partial charge in [0.1, 0.15) is 5.82 Å². The molecule has 2 heterocycles. The molecule has 0 saturated heterocycles. The van der Waals surface area contributed by atoms with Gasteiger partial charge in [0.15, 0.2) is 11.2 Å². The van der Waals surface area contributed by atoms with Crippen molar-refractivity contribution in [3.8, 4) is 12.3 Å². The molecular formula is C24H30BrN4O5P. The topological polar surface area (TPSA) is 119 Å². The van der Waals surface area contributed by atoms with Crippen molar-refractivity contribution in [2.24, 2.45) is 0 Å². The lowest BCUT2D eigenvalue weighted by Gasteiger charge is -2.11. The molecule has 2 N–H and O–H groups in total. The molecule has 0 aliphatic rings. The maximum Gasteiger partial charge on any atom is 0.333 e. The van der Waals surface area contributed by atoms with Crippen LogP contribution in [0.4, 0.5) is 0 Å². The summed E-state index contributed by atoms with van der Waals surface area (Å²) in [5.74, 6) is 3.12. The van der Waals surface area contributed by atoms with Crippen LogP contribution >= 0.6 is 23.5 Å². The molecule has 3 aromatic rings. The first-order valence-electron chi connectivity index (χ1n) is 11.6. The molecule has 9 nitrogen and oxygen atoms in total. The quantitative estimate of drug-likeness (QED) is 0.198. The zero-order chi connectivity index (χ0) is 25.6. The van der Waals surface area contributed by atoms with E-state index in [4.69, 9.17) is 21.2 Å². The maximum atomic E-state index is 13.2. The Balaban J connectivity index is 1.94. The average molecular weight is 565 g/mol. The Bertz CT molecular complexity index is 1400. The van der Waals surface area contributed by atoms with Gasteiger partial charge in [0, 0.05) is 30.1 Å². The van der Waals surface area contributed by atoms with Gasteiger partial charge in [-0.05, 0) is 37.8 Å². The van der Waals surface area contributed by atoms with E-state index in [0.717, 1.165) is 20.4 Å². The van der Waals surface area contributed by atoms with Gasteiger partial charge in [-0.25, -0.2) is 14.3 Å². The molecule has 0 atom stereocenters. The Hall–Kier alpha value is -2.44. The van der Waals surface area contributed by atoms with Crippen LogP contribution in [0.3, 0.4) is 0 Å². The van der Waals surface area contributed by atoms with E-state index in [2.05, 4.69) is 21.9 Å². The summed E-state index contributed by atoms with van der Waals surface area (Å²) in [6.45, 7) is 2.66. The summed E-state index contributed by atoms with van der Waals surface area (Å²) in [5, 5.41) is 0. The minimum Gasteiger partial charge on any atom is -0.324 e. The van der Waals surface area contributed by atoms with Gasteiger partial charge in [0.2, 0.25) is 0 Å². The highest BCUT2D eigenvalue weighted by Crippen LogP contribution is 2.35. The number of aromatic nitrogens is 4. The SMILES string of the molecule is C#CCn1c(=O)c2c(nc(CCc3ccccc3Br)n2CC)n(CCCCCCP(=O)(O)O)c1=O. The molecular weight excluding hydrogens is 535 g/mol. The van der Waals surface area contributed by atoms with Crippen molar-refractivity contribution in [1.29, 1.82) is 0 Å². The summed E-state index contributed by atoms with van der Waals surface area (Å²) in [6, 6.07) is 7.94. The minimum absolute atomic E-state index is 0.128. The van der Waals surface area contributed by atoms with Crippen LogP contribution in [-0.4, -0.2) is 34.6 Å². The lowest BCUT2D eigenvalue weighted by molar-refractivity contribution is 0.370. The fourth-order valence-corrected chi connectivity index (χ4v) is 5.31. The van der Waals surface area contributed by atoms with Gasteiger partial charge in [-0.1, -0.05) is 52.9 Å². The predicted molar refractivity (Wildman–Crippen MR) is 140 cm³/mol. The number of unbranched alkanes of at least 4 members (excludes halogenated alkanes) is 3. The highest BCUT2D eigenvalue weighted by atomic mass is 79.9. The zero-order valence-electron chi connectivity index (χ0n) is 19.7. The normalized spacial score (nSPS) is 11.7. The smallest absolute Gasteiger partial charge is 0.324 e. The summed E-state index contributed by atoms with van der Waals surface area (Å²) in [5.41, 5.74) is 0.911. The van der Waals surface area contributed by atoms with Crippen molar-refractivity contribution in [3.05, 3.63) is 61.0 Å². The molecule has 188 valence electrons. The number of hydrogen-bond donors (Lipinski definition) is 2. The molecule has 0 radical (unpaired) electrons. The van der Waals surface area contributed by atoms with Crippen molar-refractivity contribution < 1.29 is 14.4 Å². The largest absolute Gasteiger partial charge is 0.333 e. The van der Waals surface area contributed by atoms with Gasteiger partial charge in [0.25, 0.3) is 5.56 Å². The summed E-state index contributed by atoms with van der Waals surface area (Å²) in [4.78, 5) is 49.1. The Labute approximate surface area is 212 Å². The van der Waals surface area contributed by atoms with Crippen molar-refractivity contribution in [3.63, 3.8) is 0 Å². The lowest BCUT2D eigenvalue weighted by atomic mass is 10.1. The minimum atomic E-state index is -4.00. The molecule has 11 heteroatoms. The molecule has 2 aromatic heterocycles. The van der Waals surface area contributed by atoms with E-state index >= 15 is 0 Å². The number of rotatable bonds is 12. The summed E-state index contributed by atoms with van der Waals surface area (Å²) < 4.78 is 16.5. The second kappa shape index (κ2) is 12.0. The van der Waals surface area contributed by atoms with Gasteiger partial charge in [0.05, 0.1) is 6.54 Å². The van der Waals surface area contributed by atoms with Crippen LogP contribution < -0.4 is 11.2 Å². The third-order valence-corrected chi connectivity index (χ3v) is 7.59. The monoisotopic (exact) mass is 564 g/mol. The Morgan fingerprint density at radius 1 is 1.06 bits per heavy atom. The number of nitrogens with zero attached hydrogens (tertiary/aromatic N) is 4. The van der Waals surface area contributed by atoms with E-state index < -0.39 is 18.8 Å². The number of imidazole rings is 1. The number of aryl methyl sites for hydroxylation is 4. The first-order chi connectivity index (χ1) is 16.7. The third kappa shape index (κ3) is 6.62. The van der Waals surface area contributed by atoms with Crippen LogP contribution in [0.5, 0.6) is 0 Å². The zero-order valence-corrected chi connectivity index (χ0v) is 22.2. The standard InChI is InChI=1S/C24H30BrN4O5P/c1-3-15-29-23(30)21-22(28(24(29)31)16-9-5-6-10-17-35(32,33)34)26-20(27(21)4-2)14-13-18-11-7-8-12-19(18)25/h1,7-8,11-12H,4-6,9-10,13-17H2,2H3,(H2,32,33,34). The predicted octanol–water partition coefficient (Wildman–Crippen LogP) is 3.30. The highest BCUT2D eigenvalue weighted by molar-refractivity contribution is 9.10. The van der Waals surface area contributed by atoms with Crippen LogP contribution in [0, 0.1) is 12.3 Å². The molecule has 0 aliphatic carbocycles. The molecule has 1 aromatic carbocycles. The molecule has 0 spiro atoms. The maximum absolute atomic E-state index is 13.2. The molecule has 0 aliphatic heterocycles. The highest BCUT2D eigenvalue weighted by Gasteiger charge is 2.21. The van der Waals surface area contributed by atoms with E-state index in [9.17, 15) is 14.2 Å². The summed E-state index contributed by atoms with van der Waals surface area (Å²) >= 11 is 3.57. The van der Waals surface area contributed by atoms with Crippen LogP contribution in [0.2, 0.25) is 0 Å². The van der Waals surface area contributed by atoms with E-state index in [0.29, 0.717) is 62.8 Å². The number of terminal acetylenes is 1. The molecule has 3 rings (SSSR count). The van der Waals surface area contributed by atoms with Crippen LogP contribution in [0.15, 0.2) is 38.3 Å². The van der Waals surface area contributed by atoms with E-state index in [-0.39, 0.29) is 12.7 Å². The van der Waals surface area contributed by atoms with Gasteiger partial charge < -0.3 is 14.4 Å². The van der Waals surface area contributed by atoms with Crippen molar-refractivity contribution >= 4 is 34.7 Å². The Morgan fingerprint density at radius 2 is 1.77 bits per heavy atom. The molecule has 35 heavy (non-hydrogen) atoms. The van der Waals surface area contributed by atoms with E-state index in [1.54, 1.807) is 0 Å². The van der Waals surface area contributed by atoms with Crippen LogP contribution in [0.25, 0.3) is 11.2 Å². The first kappa shape index (κ1) is 27.2.